The molecular weight excluding hydrogens is 457 g/mol. The number of hydrogen-bond acceptors (Lipinski definition) is 5. The number of guanidine groups is 1. The first-order valence-corrected chi connectivity index (χ1v) is 9.32. The lowest BCUT2D eigenvalue weighted by Crippen LogP contribution is -2.40. The molecule has 1 aliphatic heterocycles. The van der Waals surface area contributed by atoms with Crippen molar-refractivity contribution in [3.05, 3.63) is 35.7 Å². The van der Waals surface area contributed by atoms with E-state index in [1.807, 2.05) is 19.1 Å². The molecule has 2 heterocycles. The number of β-amino-alcohol motifs (C(OH)–C–C–N with tert-alkyl or cyclic N) is 1. The molecule has 7 nitrogen and oxygen atoms in total. The van der Waals surface area contributed by atoms with E-state index < -0.39 is 0 Å². The van der Waals surface area contributed by atoms with Crippen molar-refractivity contribution in [1.82, 2.24) is 20.4 Å². The van der Waals surface area contributed by atoms with E-state index in [4.69, 9.17) is 9.52 Å². The van der Waals surface area contributed by atoms with Crippen molar-refractivity contribution in [2.24, 2.45) is 4.99 Å². The zero-order valence-corrected chi connectivity index (χ0v) is 18.2. The summed E-state index contributed by atoms with van der Waals surface area (Å²) in [7, 11) is 0. The molecule has 0 aliphatic carbocycles. The zero-order chi connectivity index (χ0) is 18.4. The van der Waals surface area contributed by atoms with Gasteiger partial charge in [0.1, 0.15) is 0 Å². The van der Waals surface area contributed by atoms with Crippen LogP contribution in [0.2, 0.25) is 0 Å². The summed E-state index contributed by atoms with van der Waals surface area (Å²) in [6.07, 6.45) is 2.18. The van der Waals surface area contributed by atoms with Crippen molar-refractivity contribution in [2.75, 3.05) is 26.2 Å². The predicted molar refractivity (Wildman–Crippen MR) is 116 cm³/mol. The van der Waals surface area contributed by atoms with Gasteiger partial charge in [-0.15, -0.1) is 24.0 Å². The van der Waals surface area contributed by atoms with Crippen molar-refractivity contribution in [3.8, 4) is 11.5 Å². The summed E-state index contributed by atoms with van der Waals surface area (Å²) in [5, 5.41) is 17.0. The number of aliphatic hydroxyl groups excluding tert-OH is 1. The van der Waals surface area contributed by atoms with Gasteiger partial charge in [-0.25, -0.2) is 0 Å². The van der Waals surface area contributed by atoms with Gasteiger partial charge in [0.05, 0.1) is 6.10 Å². The highest BCUT2D eigenvalue weighted by atomic mass is 127. The van der Waals surface area contributed by atoms with E-state index in [0.717, 1.165) is 49.7 Å². The van der Waals surface area contributed by atoms with Gasteiger partial charge in [0.15, 0.2) is 11.8 Å². The fourth-order valence-electron chi connectivity index (χ4n) is 2.98. The van der Waals surface area contributed by atoms with Gasteiger partial charge >= 0.3 is 0 Å². The predicted octanol–water partition coefficient (Wildman–Crippen LogP) is 2.49. The summed E-state index contributed by atoms with van der Waals surface area (Å²) in [6.45, 7) is 7.10. The Morgan fingerprint density at radius 3 is 2.70 bits per heavy atom. The molecule has 1 aromatic carbocycles. The minimum Gasteiger partial charge on any atom is -0.391 e. The summed E-state index contributed by atoms with van der Waals surface area (Å²) in [6, 6.07) is 8.17. The molecule has 2 N–H and O–H groups in total. The Labute approximate surface area is 177 Å². The highest BCUT2D eigenvalue weighted by molar-refractivity contribution is 14.0. The maximum atomic E-state index is 9.72. The van der Waals surface area contributed by atoms with Crippen molar-refractivity contribution >= 4 is 29.9 Å². The number of rotatable bonds is 6. The molecule has 3 rings (SSSR count). The largest absolute Gasteiger partial charge is 0.391 e. The van der Waals surface area contributed by atoms with E-state index in [1.165, 1.54) is 5.56 Å². The van der Waals surface area contributed by atoms with E-state index in [1.54, 1.807) is 0 Å². The topological polar surface area (TPSA) is 86.8 Å². The van der Waals surface area contributed by atoms with Crippen LogP contribution < -0.4 is 5.32 Å². The molecule has 8 heteroatoms. The van der Waals surface area contributed by atoms with Gasteiger partial charge in [-0.05, 0) is 37.5 Å². The van der Waals surface area contributed by atoms with Gasteiger partial charge in [0.2, 0.25) is 0 Å². The first kappa shape index (κ1) is 21.6. The Bertz CT molecular complexity index is 732. The number of nitrogens with one attached hydrogen (secondary N) is 1. The smallest absolute Gasteiger partial charge is 0.257 e. The minimum absolute atomic E-state index is 0. The third-order valence-corrected chi connectivity index (χ3v) is 4.45. The van der Waals surface area contributed by atoms with Crippen LogP contribution in [-0.2, 0) is 12.8 Å². The number of likely N-dealkylation sites (tertiary alicyclic amines) is 1. The molecule has 1 saturated heterocycles. The SMILES string of the molecule is CCNC(=NCCc1ccc(-c2nc(CC)no2)cc1)N1CC[C@@H](O)C1.I. The second-order valence-electron chi connectivity index (χ2n) is 6.44. The van der Waals surface area contributed by atoms with Crippen LogP contribution in [0.3, 0.4) is 0 Å². The Morgan fingerprint density at radius 2 is 2.11 bits per heavy atom. The summed E-state index contributed by atoms with van der Waals surface area (Å²) in [5.41, 5.74) is 2.15. The Morgan fingerprint density at radius 1 is 1.33 bits per heavy atom. The van der Waals surface area contributed by atoms with Crippen molar-refractivity contribution in [3.63, 3.8) is 0 Å². The maximum absolute atomic E-state index is 9.72. The van der Waals surface area contributed by atoms with Crippen LogP contribution in [0.25, 0.3) is 11.5 Å². The molecule has 27 heavy (non-hydrogen) atoms. The van der Waals surface area contributed by atoms with Crippen LogP contribution in [0.1, 0.15) is 31.7 Å². The van der Waals surface area contributed by atoms with Gasteiger partial charge < -0.3 is 19.8 Å². The van der Waals surface area contributed by atoms with Crippen LogP contribution in [0.4, 0.5) is 0 Å². The van der Waals surface area contributed by atoms with Gasteiger partial charge in [0, 0.05) is 38.2 Å². The number of nitrogens with zero attached hydrogens (tertiary/aromatic N) is 4. The summed E-state index contributed by atoms with van der Waals surface area (Å²) < 4.78 is 5.27. The fourth-order valence-corrected chi connectivity index (χ4v) is 2.98. The number of hydrogen-bond donors (Lipinski definition) is 2. The molecule has 2 aromatic rings. The number of aliphatic imine (C=N–C) groups is 1. The Balaban J connectivity index is 0.00000261. The van der Waals surface area contributed by atoms with Crippen LogP contribution in [0, 0.1) is 0 Å². The number of benzene rings is 1. The number of aliphatic hydroxyl groups is 1. The van der Waals surface area contributed by atoms with Crippen LogP contribution in [-0.4, -0.2) is 58.4 Å². The van der Waals surface area contributed by atoms with Crippen molar-refractivity contribution in [2.45, 2.75) is 39.2 Å². The molecule has 1 aromatic heterocycles. The third-order valence-electron chi connectivity index (χ3n) is 4.45. The van der Waals surface area contributed by atoms with Gasteiger partial charge in [-0.3, -0.25) is 4.99 Å². The van der Waals surface area contributed by atoms with E-state index in [9.17, 15) is 5.11 Å². The summed E-state index contributed by atoms with van der Waals surface area (Å²) >= 11 is 0. The highest BCUT2D eigenvalue weighted by Gasteiger charge is 2.22. The number of halogens is 1. The second kappa shape index (κ2) is 10.6. The number of aryl methyl sites for hydroxylation is 1. The molecule has 0 amide bonds. The van der Waals surface area contributed by atoms with Crippen molar-refractivity contribution in [1.29, 1.82) is 0 Å². The standard InChI is InChI=1S/C19H27N5O2.HI/c1-3-17-22-18(26-23-17)15-7-5-14(6-8-15)9-11-21-19(20-4-2)24-12-10-16(25)13-24;/h5-8,16,25H,3-4,9-13H2,1-2H3,(H,20,21);1H/t16-;/m1./s1. The monoisotopic (exact) mass is 485 g/mol. The summed E-state index contributed by atoms with van der Waals surface area (Å²) in [5.74, 6) is 2.17. The van der Waals surface area contributed by atoms with Crippen LogP contribution in [0.15, 0.2) is 33.8 Å². The average Bonchev–Trinajstić information content (AvgIpc) is 3.30. The van der Waals surface area contributed by atoms with Gasteiger partial charge in [-0.2, -0.15) is 4.98 Å². The molecule has 1 aliphatic rings. The van der Waals surface area contributed by atoms with Crippen molar-refractivity contribution < 1.29 is 9.63 Å². The quantitative estimate of drug-likeness (QED) is 0.372. The van der Waals surface area contributed by atoms with E-state index in [-0.39, 0.29) is 30.1 Å². The molecule has 1 fully saturated rings. The molecule has 1 atom stereocenters. The fraction of sp³-hybridized carbons (Fsp3) is 0.526. The molecule has 0 radical (unpaired) electrons. The lowest BCUT2D eigenvalue weighted by molar-refractivity contribution is 0.188. The highest BCUT2D eigenvalue weighted by Crippen LogP contribution is 2.18. The lowest BCUT2D eigenvalue weighted by Gasteiger charge is -2.20. The van der Waals surface area contributed by atoms with Crippen LogP contribution >= 0.6 is 24.0 Å². The zero-order valence-electron chi connectivity index (χ0n) is 15.9. The first-order chi connectivity index (χ1) is 12.7. The molecule has 148 valence electrons. The Hall–Kier alpha value is -1.68. The molecule has 0 spiro atoms. The molecular formula is C19H28IN5O2. The van der Waals surface area contributed by atoms with Crippen LogP contribution in [0.5, 0.6) is 0 Å². The first-order valence-electron chi connectivity index (χ1n) is 9.32. The number of aromatic nitrogens is 2. The second-order valence-corrected chi connectivity index (χ2v) is 6.44. The van der Waals surface area contributed by atoms with E-state index >= 15 is 0 Å². The van der Waals surface area contributed by atoms with E-state index in [2.05, 4.69) is 39.4 Å². The average molecular weight is 485 g/mol. The Kier molecular flexibility index (Phi) is 8.49. The van der Waals surface area contributed by atoms with E-state index in [0.29, 0.717) is 19.0 Å². The minimum atomic E-state index is -0.246. The molecule has 0 saturated carbocycles. The maximum Gasteiger partial charge on any atom is 0.257 e. The van der Waals surface area contributed by atoms with Gasteiger partial charge in [-0.1, -0.05) is 24.2 Å². The molecule has 0 bridgehead atoms. The van der Waals surface area contributed by atoms with Gasteiger partial charge in [0.25, 0.3) is 5.89 Å². The normalized spacial score (nSPS) is 17.1. The third kappa shape index (κ3) is 5.90. The summed E-state index contributed by atoms with van der Waals surface area (Å²) in [4.78, 5) is 11.2. The lowest BCUT2D eigenvalue weighted by atomic mass is 10.1. The molecule has 0 unspecified atom stereocenters.